The van der Waals surface area contributed by atoms with Crippen molar-refractivity contribution < 1.29 is 9.84 Å². The zero-order valence-corrected chi connectivity index (χ0v) is 16.5. The molecule has 138 valence electrons. The van der Waals surface area contributed by atoms with Gasteiger partial charge in [-0.1, -0.05) is 26.8 Å². The molecule has 0 aromatic heterocycles. The van der Waals surface area contributed by atoms with Gasteiger partial charge in [0, 0.05) is 0 Å². The molecule has 0 amide bonds. The Balaban J connectivity index is 1.74. The minimum absolute atomic E-state index is 0.107. The summed E-state index contributed by atoms with van der Waals surface area (Å²) in [5, 5.41) is 10.9. The fourth-order valence-corrected chi connectivity index (χ4v) is 6.77. The predicted octanol–water partition coefficient (Wildman–Crippen LogP) is 5.10. The number of aryl methyl sites for hydroxylation is 2. The topological polar surface area (TPSA) is 29.5 Å². The van der Waals surface area contributed by atoms with Gasteiger partial charge in [-0.3, -0.25) is 0 Å². The standard InChI is InChI=1S/C23H34O2/c1-13(2)18-12-21(24)23(4)9-8-16-17(22(18)23)7-6-15-11-20(25-5)14(3)10-19(15)16/h10-11,13,16-18,21-22,24H,6-9,12H2,1-5H3/t16-,17+,18+,21-,22+,23+/m0/s1. The second-order valence-electron chi connectivity index (χ2n) is 9.56. The summed E-state index contributed by atoms with van der Waals surface area (Å²) < 4.78 is 5.56. The quantitative estimate of drug-likeness (QED) is 0.810. The highest BCUT2D eigenvalue weighted by Gasteiger charge is 2.58. The van der Waals surface area contributed by atoms with Gasteiger partial charge in [0.1, 0.15) is 5.75 Å². The largest absolute Gasteiger partial charge is 0.496 e. The van der Waals surface area contributed by atoms with Crippen LogP contribution in [-0.4, -0.2) is 18.3 Å². The molecule has 2 fully saturated rings. The second-order valence-corrected chi connectivity index (χ2v) is 9.56. The summed E-state index contributed by atoms with van der Waals surface area (Å²) in [6.45, 7) is 9.28. The third-order valence-corrected chi connectivity index (χ3v) is 8.11. The summed E-state index contributed by atoms with van der Waals surface area (Å²) >= 11 is 0. The zero-order chi connectivity index (χ0) is 17.9. The number of rotatable bonds is 2. The Hall–Kier alpha value is -1.02. The number of aliphatic hydroxyl groups is 1. The van der Waals surface area contributed by atoms with Crippen molar-refractivity contribution in [1.29, 1.82) is 0 Å². The molecule has 1 N–H and O–H groups in total. The maximum Gasteiger partial charge on any atom is 0.122 e. The van der Waals surface area contributed by atoms with Crippen molar-refractivity contribution in [2.75, 3.05) is 7.11 Å². The summed E-state index contributed by atoms with van der Waals surface area (Å²) in [6.07, 6.45) is 5.76. The van der Waals surface area contributed by atoms with E-state index < -0.39 is 0 Å². The SMILES string of the molecule is COc1cc2c(cc1C)[C@H]1CC[C@@]3(C)[C@H]([C@@H]1CC2)[C@@H](C(C)C)C[C@@H]3O. The normalized spacial score (nSPS) is 39.7. The molecule has 25 heavy (non-hydrogen) atoms. The van der Waals surface area contributed by atoms with Gasteiger partial charge in [-0.25, -0.2) is 0 Å². The van der Waals surface area contributed by atoms with Gasteiger partial charge in [-0.05, 0) is 96.8 Å². The van der Waals surface area contributed by atoms with E-state index in [1.54, 1.807) is 12.7 Å². The molecule has 2 saturated carbocycles. The Labute approximate surface area is 153 Å². The van der Waals surface area contributed by atoms with E-state index >= 15 is 0 Å². The van der Waals surface area contributed by atoms with Crippen LogP contribution < -0.4 is 4.74 Å². The number of benzene rings is 1. The molecule has 6 atom stereocenters. The van der Waals surface area contributed by atoms with E-state index in [9.17, 15) is 5.11 Å². The van der Waals surface area contributed by atoms with Gasteiger partial charge in [-0.2, -0.15) is 0 Å². The van der Waals surface area contributed by atoms with Crippen LogP contribution in [0.5, 0.6) is 5.75 Å². The van der Waals surface area contributed by atoms with E-state index in [1.165, 1.54) is 36.8 Å². The number of aliphatic hydroxyl groups excluding tert-OH is 1. The summed E-state index contributed by atoms with van der Waals surface area (Å²) in [4.78, 5) is 0. The maximum atomic E-state index is 10.9. The van der Waals surface area contributed by atoms with Crippen LogP contribution >= 0.6 is 0 Å². The average Bonchev–Trinajstić information content (AvgIpc) is 2.86. The van der Waals surface area contributed by atoms with Crippen LogP contribution in [-0.2, 0) is 6.42 Å². The van der Waals surface area contributed by atoms with Gasteiger partial charge < -0.3 is 9.84 Å². The molecular weight excluding hydrogens is 308 g/mol. The van der Waals surface area contributed by atoms with E-state index in [1.807, 2.05) is 0 Å². The molecule has 0 unspecified atom stereocenters. The lowest BCUT2D eigenvalue weighted by molar-refractivity contribution is -0.0333. The van der Waals surface area contributed by atoms with E-state index in [-0.39, 0.29) is 11.5 Å². The third-order valence-electron chi connectivity index (χ3n) is 8.11. The van der Waals surface area contributed by atoms with Crippen molar-refractivity contribution in [2.45, 2.75) is 71.8 Å². The second kappa shape index (κ2) is 6.01. The molecule has 2 heteroatoms. The highest BCUT2D eigenvalue weighted by atomic mass is 16.5. The maximum absolute atomic E-state index is 10.9. The van der Waals surface area contributed by atoms with Gasteiger partial charge >= 0.3 is 0 Å². The van der Waals surface area contributed by atoms with Gasteiger partial charge in [-0.15, -0.1) is 0 Å². The number of ether oxygens (including phenoxy) is 1. The van der Waals surface area contributed by atoms with Gasteiger partial charge in [0.05, 0.1) is 13.2 Å². The molecule has 3 aliphatic carbocycles. The zero-order valence-electron chi connectivity index (χ0n) is 16.5. The monoisotopic (exact) mass is 342 g/mol. The number of hydrogen-bond acceptors (Lipinski definition) is 2. The van der Waals surface area contributed by atoms with Crippen LogP contribution in [0.3, 0.4) is 0 Å². The first-order valence-corrected chi connectivity index (χ1v) is 10.2. The van der Waals surface area contributed by atoms with E-state index in [0.29, 0.717) is 23.7 Å². The first-order valence-electron chi connectivity index (χ1n) is 10.2. The predicted molar refractivity (Wildman–Crippen MR) is 102 cm³/mol. The fourth-order valence-electron chi connectivity index (χ4n) is 6.77. The molecule has 2 nitrogen and oxygen atoms in total. The first-order chi connectivity index (χ1) is 11.9. The Morgan fingerprint density at radius 3 is 2.68 bits per heavy atom. The number of hydrogen-bond donors (Lipinski definition) is 1. The summed E-state index contributed by atoms with van der Waals surface area (Å²) in [5.41, 5.74) is 4.49. The molecular formula is C23H34O2. The summed E-state index contributed by atoms with van der Waals surface area (Å²) in [7, 11) is 1.78. The lowest BCUT2D eigenvalue weighted by atomic mass is 9.53. The molecule has 0 bridgehead atoms. The molecule has 4 rings (SSSR count). The van der Waals surface area contributed by atoms with E-state index in [0.717, 1.165) is 18.1 Å². The average molecular weight is 343 g/mol. The van der Waals surface area contributed by atoms with E-state index in [4.69, 9.17) is 4.74 Å². The molecule has 0 aliphatic heterocycles. The van der Waals surface area contributed by atoms with Crippen molar-refractivity contribution in [2.24, 2.45) is 29.1 Å². The van der Waals surface area contributed by atoms with Gasteiger partial charge in [0.2, 0.25) is 0 Å². The molecule has 0 saturated heterocycles. The van der Waals surface area contributed by atoms with Crippen LogP contribution in [0.4, 0.5) is 0 Å². The van der Waals surface area contributed by atoms with E-state index in [2.05, 4.69) is 39.8 Å². The summed E-state index contributed by atoms with van der Waals surface area (Å²) in [5.74, 6) is 4.47. The molecule has 0 radical (unpaired) electrons. The van der Waals surface area contributed by atoms with Crippen LogP contribution in [0.25, 0.3) is 0 Å². The highest BCUT2D eigenvalue weighted by molar-refractivity contribution is 5.45. The van der Waals surface area contributed by atoms with Gasteiger partial charge in [0.25, 0.3) is 0 Å². The lowest BCUT2D eigenvalue weighted by Gasteiger charge is -2.52. The first kappa shape index (κ1) is 17.4. The summed E-state index contributed by atoms with van der Waals surface area (Å²) in [6, 6.07) is 4.70. The highest BCUT2D eigenvalue weighted by Crippen LogP contribution is 2.64. The van der Waals surface area contributed by atoms with Crippen LogP contribution in [0.1, 0.15) is 69.1 Å². The van der Waals surface area contributed by atoms with Crippen molar-refractivity contribution in [1.82, 2.24) is 0 Å². The van der Waals surface area contributed by atoms with Crippen LogP contribution in [0.2, 0.25) is 0 Å². The van der Waals surface area contributed by atoms with Crippen molar-refractivity contribution >= 4 is 0 Å². The minimum atomic E-state index is -0.107. The molecule has 0 spiro atoms. The van der Waals surface area contributed by atoms with Crippen molar-refractivity contribution in [3.63, 3.8) is 0 Å². The van der Waals surface area contributed by atoms with Crippen molar-refractivity contribution in [3.8, 4) is 5.75 Å². The molecule has 1 aromatic carbocycles. The Morgan fingerprint density at radius 1 is 1.24 bits per heavy atom. The molecule has 1 aromatic rings. The van der Waals surface area contributed by atoms with Crippen molar-refractivity contribution in [3.05, 3.63) is 28.8 Å². The van der Waals surface area contributed by atoms with Crippen LogP contribution in [0, 0.1) is 36.0 Å². The Bertz CT molecular complexity index is 664. The smallest absolute Gasteiger partial charge is 0.122 e. The third kappa shape index (κ3) is 2.47. The van der Waals surface area contributed by atoms with Crippen LogP contribution in [0.15, 0.2) is 12.1 Å². The Kier molecular flexibility index (Phi) is 4.18. The molecule has 3 aliphatic rings. The fraction of sp³-hybridized carbons (Fsp3) is 0.739. The number of fused-ring (bicyclic) bond motifs is 5. The molecule has 0 heterocycles. The number of methoxy groups -OCH3 is 1. The Morgan fingerprint density at radius 2 is 2.00 bits per heavy atom. The van der Waals surface area contributed by atoms with Gasteiger partial charge in [0.15, 0.2) is 0 Å². The minimum Gasteiger partial charge on any atom is -0.496 e. The lowest BCUT2D eigenvalue weighted by Crippen LogP contribution is -2.46.